The molecule has 2 aromatic rings. The van der Waals surface area contributed by atoms with E-state index in [-0.39, 0.29) is 11.7 Å². The minimum Gasteiger partial charge on any atom is -0.508 e. The van der Waals surface area contributed by atoms with Gasteiger partial charge in [-0.15, -0.1) is 0 Å². The lowest BCUT2D eigenvalue weighted by atomic mass is 10.1. The van der Waals surface area contributed by atoms with Crippen LogP contribution in [0.4, 0.5) is 11.4 Å². The fraction of sp³-hybridized carbons (Fsp3) is 0.133. The van der Waals surface area contributed by atoms with Crippen LogP contribution in [-0.4, -0.2) is 18.1 Å². The van der Waals surface area contributed by atoms with Crippen molar-refractivity contribution in [2.45, 2.75) is 6.92 Å². The van der Waals surface area contributed by atoms with Crippen molar-refractivity contribution in [2.24, 2.45) is 0 Å². The number of phenolic OH excluding ortho intramolecular Hbond substituents is 1. The predicted octanol–water partition coefficient (Wildman–Crippen LogP) is 2.56. The molecule has 0 aromatic heterocycles. The van der Waals surface area contributed by atoms with Gasteiger partial charge in [0.2, 0.25) is 0 Å². The zero-order valence-electron chi connectivity index (χ0n) is 10.9. The standard InChI is InChI=1S/C15H16N2O2/c1-10-13(7-4-8-14(10)16)15(19)17(2)11-5-3-6-12(18)9-11/h3-9,18H,16H2,1-2H3. The molecule has 0 bridgehead atoms. The van der Waals surface area contributed by atoms with Crippen molar-refractivity contribution in [3.05, 3.63) is 53.6 Å². The van der Waals surface area contributed by atoms with Crippen molar-refractivity contribution < 1.29 is 9.90 Å². The molecule has 0 saturated carbocycles. The number of phenols is 1. The summed E-state index contributed by atoms with van der Waals surface area (Å²) in [5.41, 5.74) is 8.36. The van der Waals surface area contributed by atoms with Crippen LogP contribution < -0.4 is 10.6 Å². The second-order valence-electron chi connectivity index (χ2n) is 4.40. The normalized spacial score (nSPS) is 10.2. The topological polar surface area (TPSA) is 66.6 Å². The number of carbonyl (C=O) groups excluding carboxylic acids is 1. The molecule has 0 radical (unpaired) electrons. The van der Waals surface area contributed by atoms with E-state index in [1.54, 1.807) is 49.5 Å². The van der Waals surface area contributed by atoms with Gasteiger partial charge in [-0.25, -0.2) is 0 Å². The van der Waals surface area contributed by atoms with E-state index >= 15 is 0 Å². The lowest BCUT2D eigenvalue weighted by Gasteiger charge is -2.19. The lowest BCUT2D eigenvalue weighted by molar-refractivity contribution is 0.0992. The van der Waals surface area contributed by atoms with Crippen LogP contribution in [0, 0.1) is 6.92 Å². The maximum atomic E-state index is 12.4. The van der Waals surface area contributed by atoms with Crippen molar-refractivity contribution in [3.63, 3.8) is 0 Å². The number of rotatable bonds is 2. The van der Waals surface area contributed by atoms with E-state index < -0.39 is 0 Å². The Hall–Kier alpha value is -2.49. The average Bonchev–Trinajstić information content (AvgIpc) is 2.40. The molecule has 0 fully saturated rings. The highest BCUT2D eigenvalue weighted by Gasteiger charge is 2.16. The van der Waals surface area contributed by atoms with Gasteiger partial charge in [-0.3, -0.25) is 4.79 Å². The number of nitrogen functional groups attached to an aromatic ring is 1. The van der Waals surface area contributed by atoms with E-state index in [0.29, 0.717) is 16.9 Å². The van der Waals surface area contributed by atoms with Crippen molar-refractivity contribution in [1.82, 2.24) is 0 Å². The fourth-order valence-electron chi connectivity index (χ4n) is 1.88. The number of nitrogens with two attached hydrogens (primary N) is 1. The number of hydrogen-bond acceptors (Lipinski definition) is 3. The number of nitrogens with zero attached hydrogens (tertiary/aromatic N) is 1. The minimum absolute atomic E-state index is 0.126. The Kier molecular flexibility index (Phi) is 3.42. The molecule has 19 heavy (non-hydrogen) atoms. The molecule has 0 saturated heterocycles. The Morgan fingerprint density at radius 3 is 2.58 bits per heavy atom. The highest BCUT2D eigenvalue weighted by molar-refractivity contribution is 6.07. The predicted molar refractivity (Wildman–Crippen MR) is 76.4 cm³/mol. The summed E-state index contributed by atoms with van der Waals surface area (Å²) >= 11 is 0. The van der Waals surface area contributed by atoms with E-state index in [1.165, 1.54) is 4.90 Å². The van der Waals surface area contributed by atoms with Gasteiger partial charge in [-0.1, -0.05) is 12.1 Å². The second kappa shape index (κ2) is 5.02. The van der Waals surface area contributed by atoms with Crippen LogP contribution in [0.15, 0.2) is 42.5 Å². The van der Waals surface area contributed by atoms with Crippen LogP contribution in [0.2, 0.25) is 0 Å². The molecule has 2 rings (SSSR count). The van der Waals surface area contributed by atoms with Crippen LogP contribution in [0.1, 0.15) is 15.9 Å². The molecule has 98 valence electrons. The lowest BCUT2D eigenvalue weighted by Crippen LogP contribution is -2.27. The Morgan fingerprint density at radius 2 is 1.89 bits per heavy atom. The Labute approximate surface area is 112 Å². The third-order valence-electron chi connectivity index (χ3n) is 3.13. The molecule has 3 N–H and O–H groups in total. The van der Waals surface area contributed by atoms with Crippen molar-refractivity contribution >= 4 is 17.3 Å². The van der Waals surface area contributed by atoms with Gasteiger partial charge in [0.05, 0.1) is 0 Å². The van der Waals surface area contributed by atoms with E-state index in [9.17, 15) is 9.90 Å². The summed E-state index contributed by atoms with van der Waals surface area (Å²) in [7, 11) is 1.67. The third-order valence-corrected chi connectivity index (χ3v) is 3.13. The Bertz CT molecular complexity index is 623. The molecule has 4 heteroatoms. The molecular weight excluding hydrogens is 240 g/mol. The highest BCUT2D eigenvalue weighted by Crippen LogP contribution is 2.23. The van der Waals surface area contributed by atoms with Crippen LogP contribution in [0.3, 0.4) is 0 Å². The quantitative estimate of drug-likeness (QED) is 0.811. The Balaban J connectivity index is 2.36. The summed E-state index contributed by atoms with van der Waals surface area (Å²) in [4.78, 5) is 13.9. The maximum Gasteiger partial charge on any atom is 0.258 e. The van der Waals surface area contributed by atoms with E-state index in [4.69, 9.17) is 5.73 Å². The van der Waals surface area contributed by atoms with Gasteiger partial charge in [-0.05, 0) is 36.8 Å². The molecular formula is C15H16N2O2. The first-order valence-corrected chi connectivity index (χ1v) is 5.93. The molecule has 0 aliphatic carbocycles. The summed E-state index contributed by atoms with van der Waals surface area (Å²) < 4.78 is 0. The number of hydrogen-bond donors (Lipinski definition) is 2. The molecule has 0 spiro atoms. The number of anilines is 2. The van der Waals surface area contributed by atoms with Crippen LogP contribution >= 0.6 is 0 Å². The molecule has 0 aliphatic rings. The summed E-state index contributed by atoms with van der Waals surface area (Å²) in [5.74, 6) is -0.0307. The first kappa shape index (κ1) is 13.0. The highest BCUT2D eigenvalue weighted by atomic mass is 16.3. The van der Waals surface area contributed by atoms with Crippen molar-refractivity contribution in [1.29, 1.82) is 0 Å². The molecule has 1 amide bonds. The smallest absolute Gasteiger partial charge is 0.258 e. The van der Waals surface area contributed by atoms with Gasteiger partial charge in [0.25, 0.3) is 5.91 Å². The molecule has 2 aromatic carbocycles. The number of carbonyl (C=O) groups is 1. The van der Waals surface area contributed by atoms with Crippen molar-refractivity contribution in [2.75, 3.05) is 17.7 Å². The first-order chi connectivity index (χ1) is 9.00. The van der Waals surface area contributed by atoms with Gasteiger partial charge < -0.3 is 15.7 Å². The zero-order valence-corrected chi connectivity index (χ0v) is 10.9. The molecule has 0 atom stereocenters. The number of amides is 1. The van der Waals surface area contributed by atoms with E-state index in [0.717, 1.165) is 5.56 Å². The fourth-order valence-corrected chi connectivity index (χ4v) is 1.88. The van der Waals surface area contributed by atoms with Gasteiger partial charge in [0.1, 0.15) is 5.75 Å². The maximum absolute atomic E-state index is 12.4. The van der Waals surface area contributed by atoms with Gasteiger partial charge in [-0.2, -0.15) is 0 Å². The summed E-state index contributed by atoms with van der Waals surface area (Å²) in [6.45, 7) is 1.82. The van der Waals surface area contributed by atoms with E-state index in [2.05, 4.69) is 0 Å². The summed E-state index contributed by atoms with van der Waals surface area (Å²) in [5, 5.41) is 9.46. The van der Waals surface area contributed by atoms with Gasteiger partial charge in [0.15, 0.2) is 0 Å². The average molecular weight is 256 g/mol. The second-order valence-corrected chi connectivity index (χ2v) is 4.40. The first-order valence-electron chi connectivity index (χ1n) is 5.93. The molecule has 0 aliphatic heterocycles. The van der Waals surface area contributed by atoms with Gasteiger partial charge >= 0.3 is 0 Å². The summed E-state index contributed by atoms with van der Waals surface area (Å²) in [6.07, 6.45) is 0. The monoisotopic (exact) mass is 256 g/mol. The van der Waals surface area contributed by atoms with Crippen LogP contribution in [-0.2, 0) is 0 Å². The third kappa shape index (κ3) is 2.52. The van der Waals surface area contributed by atoms with Crippen LogP contribution in [0.25, 0.3) is 0 Å². The van der Waals surface area contributed by atoms with Crippen molar-refractivity contribution in [3.8, 4) is 5.75 Å². The Morgan fingerprint density at radius 1 is 1.21 bits per heavy atom. The van der Waals surface area contributed by atoms with E-state index in [1.807, 2.05) is 6.92 Å². The SMILES string of the molecule is Cc1c(N)cccc1C(=O)N(C)c1cccc(O)c1. The van der Waals surface area contributed by atoms with Crippen LogP contribution in [0.5, 0.6) is 5.75 Å². The zero-order chi connectivity index (χ0) is 14.0. The molecule has 4 nitrogen and oxygen atoms in total. The number of benzene rings is 2. The molecule has 0 heterocycles. The largest absolute Gasteiger partial charge is 0.508 e. The number of aromatic hydroxyl groups is 1. The molecule has 0 unspecified atom stereocenters. The van der Waals surface area contributed by atoms with Gasteiger partial charge in [0, 0.05) is 30.1 Å². The minimum atomic E-state index is -0.157. The summed E-state index contributed by atoms with van der Waals surface area (Å²) in [6, 6.07) is 11.8.